The number of amides is 3. The van der Waals surface area contributed by atoms with Crippen molar-refractivity contribution in [3.05, 3.63) is 63.6 Å². The monoisotopic (exact) mass is 505 g/mol. The highest BCUT2D eigenvalue weighted by Crippen LogP contribution is 2.18. The van der Waals surface area contributed by atoms with E-state index in [0.717, 1.165) is 21.3 Å². The average molecular weight is 506 g/mol. The molecule has 1 heterocycles. The molecule has 3 atom stereocenters. The molecule has 2 aromatic rings. The van der Waals surface area contributed by atoms with Crippen molar-refractivity contribution in [2.75, 3.05) is 11.1 Å². The summed E-state index contributed by atoms with van der Waals surface area (Å²) in [4.78, 5) is 37.1. The second-order valence-electron chi connectivity index (χ2n) is 7.22. The Labute approximate surface area is 193 Å². The van der Waals surface area contributed by atoms with E-state index >= 15 is 0 Å². The molecule has 31 heavy (non-hydrogen) atoms. The predicted octanol–water partition coefficient (Wildman–Crippen LogP) is 1.82. The van der Waals surface area contributed by atoms with Crippen LogP contribution >= 0.6 is 27.7 Å². The van der Waals surface area contributed by atoms with Gasteiger partial charge in [0.2, 0.25) is 11.8 Å². The number of aryl methyl sites for hydroxylation is 2. The summed E-state index contributed by atoms with van der Waals surface area (Å²) in [5, 5.41) is 11.2. The number of rotatable bonds is 6. The van der Waals surface area contributed by atoms with Crippen molar-refractivity contribution in [1.29, 1.82) is 0 Å². The lowest BCUT2D eigenvalue weighted by molar-refractivity contribution is -0.125. The van der Waals surface area contributed by atoms with Crippen LogP contribution in [-0.4, -0.2) is 41.2 Å². The quantitative estimate of drug-likeness (QED) is 0.407. The Bertz CT molecular complexity index is 985. The molecule has 10 heteroatoms. The third-order valence-electron chi connectivity index (χ3n) is 4.69. The van der Waals surface area contributed by atoms with Crippen molar-refractivity contribution in [3.8, 4) is 0 Å². The molecular formula is C21H24BrN5O3S. The highest BCUT2D eigenvalue weighted by Gasteiger charge is 2.35. The zero-order valence-electron chi connectivity index (χ0n) is 17.1. The normalized spacial score (nSPS) is 20.6. The summed E-state index contributed by atoms with van der Waals surface area (Å²) in [5.41, 5.74) is 8.79. The fourth-order valence-electron chi connectivity index (χ4n) is 3.06. The van der Waals surface area contributed by atoms with Crippen LogP contribution in [0.3, 0.4) is 0 Å². The topological polar surface area (TPSA) is 125 Å². The van der Waals surface area contributed by atoms with Crippen molar-refractivity contribution >= 4 is 51.1 Å². The number of hydrogen-bond acceptors (Lipinski definition) is 6. The molecule has 8 nitrogen and oxygen atoms in total. The van der Waals surface area contributed by atoms with Gasteiger partial charge in [0.1, 0.15) is 11.5 Å². The Morgan fingerprint density at radius 1 is 1.16 bits per heavy atom. The third-order valence-corrected chi connectivity index (χ3v) is 6.23. The first-order chi connectivity index (χ1) is 14.7. The molecule has 0 spiro atoms. The van der Waals surface area contributed by atoms with Gasteiger partial charge in [-0.15, -0.1) is 11.8 Å². The first-order valence-corrected chi connectivity index (χ1v) is 11.4. The summed E-state index contributed by atoms with van der Waals surface area (Å²) < 4.78 is 0.847. The van der Waals surface area contributed by atoms with Crippen LogP contribution in [0.2, 0.25) is 0 Å². The summed E-state index contributed by atoms with van der Waals surface area (Å²) in [6, 6.07) is 11.6. The van der Waals surface area contributed by atoms with Gasteiger partial charge in [-0.3, -0.25) is 19.7 Å². The van der Waals surface area contributed by atoms with E-state index in [-0.39, 0.29) is 11.7 Å². The number of carbonyl (C=O) groups is 3. The minimum Gasteiger partial charge on any atom is -0.338 e. The number of nitrogens with two attached hydrogens (primary N) is 1. The van der Waals surface area contributed by atoms with E-state index in [1.165, 1.54) is 11.8 Å². The standard InChI is InChI=1S/C21H24BrN5O3S/c1-11-3-8-15(12(2)9-11)24-16(28)10-31-21-26-18(23)17(20(30)27-21)25-19(29)13-4-6-14(22)7-5-13/h3-9,17-18,21,26H,10,23H2,1-2H3,(H,24,28)(H,25,29)(H,27,30). The minimum absolute atomic E-state index is 0.119. The third kappa shape index (κ3) is 6.30. The maximum atomic E-state index is 12.5. The van der Waals surface area contributed by atoms with Crippen molar-refractivity contribution in [2.45, 2.75) is 31.6 Å². The van der Waals surface area contributed by atoms with Gasteiger partial charge in [-0.25, -0.2) is 0 Å². The number of carbonyl (C=O) groups excluding carboxylic acids is 3. The number of benzene rings is 2. The summed E-state index contributed by atoms with van der Waals surface area (Å²) in [6.45, 7) is 3.92. The molecule has 3 unspecified atom stereocenters. The van der Waals surface area contributed by atoms with Gasteiger partial charge in [0.25, 0.3) is 5.91 Å². The lowest BCUT2D eigenvalue weighted by Gasteiger charge is -2.35. The minimum atomic E-state index is -0.933. The number of hydrogen-bond donors (Lipinski definition) is 5. The molecule has 2 aromatic carbocycles. The zero-order valence-corrected chi connectivity index (χ0v) is 19.5. The number of halogens is 1. The summed E-state index contributed by atoms with van der Waals surface area (Å²) >= 11 is 4.52. The van der Waals surface area contributed by atoms with Gasteiger partial charge in [-0.2, -0.15) is 0 Å². The SMILES string of the molecule is Cc1ccc(NC(=O)CSC2NC(=O)C(NC(=O)c3ccc(Br)cc3)C(N)N2)c(C)c1. The smallest absolute Gasteiger partial charge is 0.252 e. The van der Waals surface area contributed by atoms with E-state index in [1.807, 2.05) is 32.0 Å². The van der Waals surface area contributed by atoms with Gasteiger partial charge in [0, 0.05) is 15.7 Å². The molecule has 1 saturated heterocycles. The maximum Gasteiger partial charge on any atom is 0.252 e. The molecule has 1 fully saturated rings. The zero-order chi connectivity index (χ0) is 22.5. The van der Waals surface area contributed by atoms with E-state index < -0.39 is 29.5 Å². The van der Waals surface area contributed by atoms with Gasteiger partial charge in [-0.1, -0.05) is 33.6 Å². The molecule has 164 valence electrons. The number of thioether (sulfide) groups is 1. The van der Waals surface area contributed by atoms with Gasteiger partial charge in [0.05, 0.1) is 11.9 Å². The molecule has 0 aromatic heterocycles. The van der Waals surface area contributed by atoms with Crippen molar-refractivity contribution < 1.29 is 14.4 Å². The van der Waals surface area contributed by atoms with Crippen LogP contribution in [0.1, 0.15) is 21.5 Å². The van der Waals surface area contributed by atoms with Crippen LogP contribution in [0, 0.1) is 13.8 Å². The van der Waals surface area contributed by atoms with Crippen molar-refractivity contribution in [2.24, 2.45) is 5.73 Å². The van der Waals surface area contributed by atoms with E-state index in [9.17, 15) is 14.4 Å². The van der Waals surface area contributed by atoms with Gasteiger partial charge in [0.15, 0.2) is 0 Å². The largest absolute Gasteiger partial charge is 0.338 e. The second kappa shape index (κ2) is 10.3. The predicted molar refractivity (Wildman–Crippen MR) is 125 cm³/mol. The van der Waals surface area contributed by atoms with E-state index in [4.69, 9.17) is 5.73 Å². The molecule has 0 radical (unpaired) electrons. The van der Waals surface area contributed by atoms with Crippen LogP contribution < -0.4 is 27.0 Å². The lowest BCUT2D eigenvalue weighted by Crippen LogP contribution is -2.70. The van der Waals surface area contributed by atoms with Gasteiger partial charge < -0.3 is 21.7 Å². The molecule has 3 amide bonds. The molecule has 1 aliphatic rings. The molecular weight excluding hydrogens is 482 g/mol. The van der Waals surface area contributed by atoms with Gasteiger partial charge in [-0.05, 0) is 49.7 Å². The Morgan fingerprint density at radius 3 is 2.52 bits per heavy atom. The van der Waals surface area contributed by atoms with Gasteiger partial charge >= 0.3 is 0 Å². The van der Waals surface area contributed by atoms with Crippen LogP contribution in [0.4, 0.5) is 5.69 Å². The first kappa shape index (κ1) is 23.3. The Kier molecular flexibility index (Phi) is 7.71. The lowest BCUT2D eigenvalue weighted by atomic mass is 10.1. The molecule has 0 aliphatic carbocycles. The van der Waals surface area contributed by atoms with Crippen LogP contribution in [0.15, 0.2) is 46.9 Å². The Balaban J connectivity index is 1.50. The average Bonchev–Trinajstić information content (AvgIpc) is 2.71. The fraction of sp³-hybridized carbons (Fsp3) is 0.286. The summed E-state index contributed by atoms with van der Waals surface area (Å²) in [7, 11) is 0. The highest BCUT2D eigenvalue weighted by atomic mass is 79.9. The molecule has 0 bridgehead atoms. The first-order valence-electron chi connectivity index (χ1n) is 9.60. The second-order valence-corrected chi connectivity index (χ2v) is 9.23. The Morgan fingerprint density at radius 2 is 1.87 bits per heavy atom. The summed E-state index contributed by atoms with van der Waals surface area (Å²) in [5.74, 6) is -0.881. The molecule has 0 saturated carbocycles. The fourth-order valence-corrected chi connectivity index (χ4v) is 4.17. The number of anilines is 1. The van der Waals surface area contributed by atoms with E-state index in [0.29, 0.717) is 5.56 Å². The maximum absolute atomic E-state index is 12.5. The van der Waals surface area contributed by atoms with Crippen LogP contribution in [0.5, 0.6) is 0 Å². The summed E-state index contributed by atoms with van der Waals surface area (Å²) in [6.07, 6.45) is -0.798. The highest BCUT2D eigenvalue weighted by molar-refractivity contribution is 9.10. The van der Waals surface area contributed by atoms with Crippen molar-refractivity contribution in [1.82, 2.24) is 16.0 Å². The number of nitrogens with one attached hydrogen (secondary N) is 4. The van der Waals surface area contributed by atoms with Crippen LogP contribution in [0.25, 0.3) is 0 Å². The van der Waals surface area contributed by atoms with Crippen molar-refractivity contribution in [3.63, 3.8) is 0 Å². The van der Waals surface area contributed by atoms with Crippen LogP contribution in [-0.2, 0) is 9.59 Å². The molecule has 1 aliphatic heterocycles. The molecule has 6 N–H and O–H groups in total. The Hall–Kier alpha value is -2.40. The molecule has 3 rings (SSSR count). The van der Waals surface area contributed by atoms with E-state index in [1.54, 1.807) is 24.3 Å². The van der Waals surface area contributed by atoms with E-state index in [2.05, 4.69) is 37.2 Å².